The summed E-state index contributed by atoms with van der Waals surface area (Å²) in [4.78, 5) is 0. The van der Waals surface area contributed by atoms with Gasteiger partial charge in [0, 0.05) is 12.7 Å². The molecule has 66 valence electrons. The zero-order valence-electron chi connectivity index (χ0n) is 6.44. The van der Waals surface area contributed by atoms with E-state index in [1.807, 2.05) is 0 Å². The van der Waals surface area contributed by atoms with Gasteiger partial charge in [-0.2, -0.15) is 0 Å². The van der Waals surface area contributed by atoms with E-state index in [1.165, 1.54) is 0 Å². The highest BCUT2D eigenvalue weighted by Gasteiger charge is 1.92. The molecule has 0 amide bonds. The summed E-state index contributed by atoms with van der Waals surface area (Å²) in [6, 6.07) is 6.59. The molecule has 5 heteroatoms. The van der Waals surface area contributed by atoms with Crippen molar-refractivity contribution in [1.29, 1.82) is 0 Å². The average molecular weight is 186 g/mol. The van der Waals surface area contributed by atoms with Crippen molar-refractivity contribution in [2.45, 2.75) is 0 Å². The van der Waals surface area contributed by atoms with Crippen LogP contribution in [0.2, 0.25) is 0 Å². The highest BCUT2D eigenvalue weighted by atomic mass is 32.2. The maximum Gasteiger partial charge on any atom is 0.139 e. The molecule has 0 saturated carbocycles. The standard InChI is InChI=1S/C7H9NO3S/c1-8-6-2-4-7(5-3-6)11-12(9)10/h2-5,8H,1H3,(H,9,10)/p-1. The maximum atomic E-state index is 10.1. The molecular formula is C7H8NO3S-. The summed E-state index contributed by atoms with van der Waals surface area (Å²) in [5.41, 5.74) is 0.902. The van der Waals surface area contributed by atoms with Crippen LogP contribution in [0.25, 0.3) is 0 Å². The number of hydrogen-bond donors (Lipinski definition) is 1. The van der Waals surface area contributed by atoms with Crippen LogP contribution in [0.5, 0.6) is 5.75 Å². The van der Waals surface area contributed by atoms with Crippen molar-refractivity contribution >= 4 is 17.0 Å². The number of anilines is 1. The minimum atomic E-state index is -2.50. The van der Waals surface area contributed by atoms with E-state index in [4.69, 9.17) is 0 Å². The lowest BCUT2D eigenvalue weighted by atomic mass is 10.3. The van der Waals surface area contributed by atoms with E-state index in [1.54, 1.807) is 31.3 Å². The van der Waals surface area contributed by atoms with E-state index < -0.39 is 11.4 Å². The predicted molar refractivity (Wildman–Crippen MR) is 45.5 cm³/mol. The highest BCUT2D eigenvalue weighted by Crippen LogP contribution is 2.15. The quantitative estimate of drug-likeness (QED) is 0.712. The van der Waals surface area contributed by atoms with Crippen molar-refractivity contribution in [2.75, 3.05) is 12.4 Å². The van der Waals surface area contributed by atoms with Crippen LogP contribution in [0.15, 0.2) is 24.3 Å². The minimum absolute atomic E-state index is 0.308. The first-order valence-corrected chi connectivity index (χ1v) is 4.28. The van der Waals surface area contributed by atoms with E-state index >= 15 is 0 Å². The van der Waals surface area contributed by atoms with Gasteiger partial charge in [0.15, 0.2) is 0 Å². The van der Waals surface area contributed by atoms with E-state index in [9.17, 15) is 8.76 Å². The number of hydrogen-bond acceptors (Lipinski definition) is 4. The normalized spacial score (nSPS) is 12.2. The largest absolute Gasteiger partial charge is 0.740 e. The van der Waals surface area contributed by atoms with Gasteiger partial charge in [-0.3, -0.25) is 0 Å². The molecule has 12 heavy (non-hydrogen) atoms. The Hall–Kier alpha value is -1.07. The Bertz CT molecular complexity index is 272. The van der Waals surface area contributed by atoms with Crippen molar-refractivity contribution in [2.24, 2.45) is 0 Å². The molecule has 0 aliphatic heterocycles. The Balaban J connectivity index is 2.71. The molecule has 0 spiro atoms. The summed E-state index contributed by atoms with van der Waals surface area (Å²) in [5.74, 6) is 0.308. The fraction of sp³-hybridized carbons (Fsp3) is 0.143. The molecular weight excluding hydrogens is 178 g/mol. The monoisotopic (exact) mass is 186 g/mol. The first kappa shape index (κ1) is 9.02. The van der Waals surface area contributed by atoms with Crippen LogP contribution >= 0.6 is 0 Å². The Labute approximate surface area is 73.0 Å². The Morgan fingerprint density at radius 3 is 2.42 bits per heavy atom. The molecule has 0 bridgehead atoms. The van der Waals surface area contributed by atoms with Gasteiger partial charge in [-0.25, -0.2) is 4.21 Å². The van der Waals surface area contributed by atoms with Crippen LogP contribution in [0, 0.1) is 0 Å². The van der Waals surface area contributed by atoms with Gasteiger partial charge in [0.2, 0.25) is 0 Å². The molecule has 0 aromatic heterocycles. The van der Waals surface area contributed by atoms with Crippen molar-refractivity contribution in [1.82, 2.24) is 0 Å². The number of rotatable bonds is 3. The predicted octanol–water partition coefficient (Wildman–Crippen LogP) is 0.901. The summed E-state index contributed by atoms with van der Waals surface area (Å²) < 4.78 is 24.6. The molecule has 0 radical (unpaired) electrons. The van der Waals surface area contributed by atoms with Crippen LogP contribution in [-0.2, 0) is 11.4 Å². The minimum Gasteiger partial charge on any atom is -0.740 e. The SMILES string of the molecule is CNc1ccc(OS(=O)[O-])cc1. The molecule has 0 heterocycles. The summed E-state index contributed by atoms with van der Waals surface area (Å²) in [5, 5.41) is 2.90. The van der Waals surface area contributed by atoms with Gasteiger partial charge in [-0.05, 0) is 24.3 Å². The van der Waals surface area contributed by atoms with Crippen molar-refractivity contribution < 1.29 is 12.9 Å². The second-order valence-electron chi connectivity index (χ2n) is 2.06. The van der Waals surface area contributed by atoms with Gasteiger partial charge in [0.1, 0.15) is 17.1 Å². The Morgan fingerprint density at radius 1 is 1.42 bits per heavy atom. The lowest BCUT2D eigenvalue weighted by Crippen LogP contribution is -1.97. The number of benzene rings is 1. The van der Waals surface area contributed by atoms with Crippen molar-refractivity contribution in [3.05, 3.63) is 24.3 Å². The molecule has 0 aliphatic rings. The van der Waals surface area contributed by atoms with E-state index in [0.717, 1.165) is 5.69 Å². The van der Waals surface area contributed by atoms with E-state index in [0.29, 0.717) is 5.75 Å². The molecule has 1 aromatic carbocycles. The Morgan fingerprint density at radius 2 is 2.00 bits per heavy atom. The van der Waals surface area contributed by atoms with Gasteiger partial charge in [0.25, 0.3) is 0 Å². The van der Waals surface area contributed by atoms with Gasteiger partial charge < -0.3 is 14.1 Å². The fourth-order valence-corrected chi connectivity index (χ4v) is 1.02. The van der Waals surface area contributed by atoms with Crippen molar-refractivity contribution in [3.63, 3.8) is 0 Å². The fourth-order valence-electron chi connectivity index (χ4n) is 0.756. The zero-order chi connectivity index (χ0) is 8.97. The average Bonchev–Trinajstić information content (AvgIpc) is 2.05. The summed E-state index contributed by atoms with van der Waals surface area (Å²) in [7, 11) is 1.78. The summed E-state index contributed by atoms with van der Waals surface area (Å²) >= 11 is -2.50. The molecule has 0 aliphatic carbocycles. The molecule has 1 aromatic rings. The third-order valence-corrected chi connectivity index (χ3v) is 1.64. The number of nitrogens with one attached hydrogen (secondary N) is 1. The molecule has 4 nitrogen and oxygen atoms in total. The third kappa shape index (κ3) is 2.52. The topological polar surface area (TPSA) is 61.4 Å². The molecule has 0 saturated heterocycles. The van der Waals surface area contributed by atoms with Gasteiger partial charge >= 0.3 is 0 Å². The first-order valence-electron chi connectivity index (χ1n) is 3.28. The van der Waals surface area contributed by atoms with Crippen LogP contribution in [0.1, 0.15) is 0 Å². The van der Waals surface area contributed by atoms with Gasteiger partial charge in [-0.1, -0.05) is 0 Å². The molecule has 1 atom stereocenters. The second-order valence-corrected chi connectivity index (χ2v) is 2.64. The summed E-state index contributed by atoms with van der Waals surface area (Å²) in [6.45, 7) is 0. The summed E-state index contributed by atoms with van der Waals surface area (Å²) in [6.07, 6.45) is 0. The third-order valence-electron chi connectivity index (χ3n) is 1.31. The van der Waals surface area contributed by atoms with E-state index in [-0.39, 0.29) is 0 Å². The van der Waals surface area contributed by atoms with Crippen LogP contribution in [-0.4, -0.2) is 15.8 Å². The van der Waals surface area contributed by atoms with E-state index in [2.05, 4.69) is 9.50 Å². The zero-order valence-corrected chi connectivity index (χ0v) is 7.26. The van der Waals surface area contributed by atoms with Crippen LogP contribution in [0.3, 0.4) is 0 Å². The maximum absolute atomic E-state index is 10.1. The smallest absolute Gasteiger partial charge is 0.139 e. The van der Waals surface area contributed by atoms with Gasteiger partial charge in [0.05, 0.1) is 0 Å². The van der Waals surface area contributed by atoms with Gasteiger partial charge in [-0.15, -0.1) is 0 Å². The second kappa shape index (κ2) is 4.08. The molecule has 1 rings (SSSR count). The first-order chi connectivity index (χ1) is 5.72. The molecule has 1 unspecified atom stereocenters. The highest BCUT2D eigenvalue weighted by molar-refractivity contribution is 7.74. The lowest BCUT2D eigenvalue weighted by molar-refractivity contribution is 0.440. The molecule has 0 fully saturated rings. The van der Waals surface area contributed by atoms with Crippen molar-refractivity contribution in [3.8, 4) is 5.75 Å². The lowest BCUT2D eigenvalue weighted by Gasteiger charge is -2.07. The van der Waals surface area contributed by atoms with Crippen LogP contribution in [0.4, 0.5) is 5.69 Å². The molecule has 1 N–H and O–H groups in total. The van der Waals surface area contributed by atoms with Crippen LogP contribution < -0.4 is 9.50 Å². The Kier molecular flexibility index (Phi) is 3.07.